The van der Waals surface area contributed by atoms with Gasteiger partial charge in [-0.1, -0.05) is 42.5 Å². The number of anilines is 1. The quantitative estimate of drug-likeness (QED) is 0.829. The van der Waals surface area contributed by atoms with Crippen LogP contribution in [-0.2, 0) is 16.1 Å². The fourth-order valence-corrected chi connectivity index (χ4v) is 3.07. The average Bonchev–Trinajstić information content (AvgIpc) is 2.66. The van der Waals surface area contributed by atoms with Gasteiger partial charge in [0.15, 0.2) is 0 Å². The van der Waals surface area contributed by atoms with E-state index in [0.29, 0.717) is 0 Å². The van der Waals surface area contributed by atoms with Gasteiger partial charge in [-0.15, -0.1) is 0 Å². The summed E-state index contributed by atoms with van der Waals surface area (Å²) in [7, 11) is 0. The molecule has 0 spiro atoms. The minimum Gasteiger partial charge on any atom is -0.345 e. The Hall–Kier alpha value is -2.73. The van der Waals surface area contributed by atoms with Crippen LogP contribution >= 0.6 is 0 Å². The predicted octanol–water partition coefficient (Wildman–Crippen LogP) is 2.55. The number of amides is 2. The maximum atomic E-state index is 13.5. The molecule has 0 atom stereocenters. The van der Waals surface area contributed by atoms with Gasteiger partial charge in [0.25, 0.3) is 0 Å². The summed E-state index contributed by atoms with van der Waals surface area (Å²) < 4.78 is 13.5. The second kappa shape index (κ2) is 8.58. The molecule has 0 radical (unpaired) electrons. The van der Waals surface area contributed by atoms with Gasteiger partial charge in [0.2, 0.25) is 0 Å². The number of likely N-dealkylation sites (tertiary alicyclic amines) is 1. The zero-order valence-electron chi connectivity index (χ0n) is 14.5. The molecule has 6 heteroatoms. The van der Waals surface area contributed by atoms with Crippen molar-refractivity contribution in [2.45, 2.75) is 25.4 Å². The van der Waals surface area contributed by atoms with Gasteiger partial charge in [-0.3, -0.25) is 14.5 Å². The molecule has 3 rings (SSSR count). The molecule has 1 aliphatic heterocycles. The van der Waals surface area contributed by atoms with Crippen LogP contribution in [0.2, 0.25) is 0 Å². The Morgan fingerprint density at radius 3 is 2.31 bits per heavy atom. The molecule has 0 unspecified atom stereocenters. The first-order valence-electron chi connectivity index (χ1n) is 8.74. The molecule has 2 aromatic carbocycles. The van der Waals surface area contributed by atoms with E-state index in [1.165, 1.54) is 23.8 Å². The first kappa shape index (κ1) is 18.1. The number of nitrogens with zero attached hydrogens (tertiary/aromatic N) is 1. The van der Waals surface area contributed by atoms with Gasteiger partial charge in [0.05, 0.1) is 5.69 Å². The highest BCUT2D eigenvalue weighted by atomic mass is 19.1. The number of hydrogen-bond donors (Lipinski definition) is 2. The summed E-state index contributed by atoms with van der Waals surface area (Å²) in [6.07, 6.45) is 1.57. The molecule has 2 N–H and O–H groups in total. The van der Waals surface area contributed by atoms with Crippen molar-refractivity contribution in [1.29, 1.82) is 0 Å². The van der Waals surface area contributed by atoms with E-state index < -0.39 is 17.6 Å². The number of rotatable bonds is 4. The first-order valence-corrected chi connectivity index (χ1v) is 8.74. The van der Waals surface area contributed by atoms with Crippen LogP contribution in [0.1, 0.15) is 18.4 Å². The van der Waals surface area contributed by atoms with Crippen LogP contribution in [0.15, 0.2) is 54.6 Å². The molecule has 0 bridgehead atoms. The summed E-state index contributed by atoms with van der Waals surface area (Å²) in [4.78, 5) is 26.3. The monoisotopic (exact) mass is 355 g/mol. The van der Waals surface area contributed by atoms with Crippen molar-refractivity contribution in [3.05, 3.63) is 66.0 Å². The largest absolute Gasteiger partial charge is 0.345 e. The smallest absolute Gasteiger partial charge is 0.313 e. The van der Waals surface area contributed by atoms with Gasteiger partial charge in [-0.25, -0.2) is 4.39 Å². The minimum atomic E-state index is -0.846. The summed E-state index contributed by atoms with van der Waals surface area (Å²) in [5, 5.41) is 5.05. The highest BCUT2D eigenvalue weighted by Gasteiger charge is 2.23. The Bertz CT molecular complexity index is 759. The van der Waals surface area contributed by atoms with E-state index >= 15 is 0 Å². The molecule has 2 aromatic rings. The lowest BCUT2D eigenvalue weighted by Gasteiger charge is -2.32. The SMILES string of the molecule is O=C(Nc1ccccc1F)C(=O)NC1CCN(Cc2ccccc2)CC1. The Morgan fingerprint density at radius 2 is 1.62 bits per heavy atom. The number of carbonyl (C=O) groups is 2. The molecule has 136 valence electrons. The number of hydrogen-bond acceptors (Lipinski definition) is 3. The number of piperidine rings is 1. The maximum absolute atomic E-state index is 13.5. The number of benzene rings is 2. The van der Waals surface area contributed by atoms with Gasteiger partial charge < -0.3 is 10.6 Å². The predicted molar refractivity (Wildman–Crippen MR) is 97.9 cm³/mol. The molecular weight excluding hydrogens is 333 g/mol. The van der Waals surface area contributed by atoms with Crippen LogP contribution in [0.25, 0.3) is 0 Å². The highest BCUT2D eigenvalue weighted by Crippen LogP contribution is 2.15. The van der Waals surface area contributed by atoms with Crippen molar-refractivity contribution < 1.29 is 14.0 Å². The minimum absolute atomic E-state index is 0.00494. The van der Waals surface area contributed by atoms with Crippen LogP contribution in [0.5, 0.6) is 0 Å². The lowest BCUT2D eigenvalue weighted by molar-refractivity contribution is -0.136. The molecule has 1 saturated heterocycles. The van der Waals surface area contributed by atoms with Crippen LogP contribution in [-0.4, -0.2) is 35.8 Å². The van der Waals surface area contributed by atoms with Crippen LogP contribution < -0.4 is 10.6 Å². The fourth-order valence-electron chi connectivity index (χ4n) is 3.07. The lowest BCUT2D eigenvalue weighted by atomic mass is 10.0. The summed E-state index contributed by atoms with van der Waals surface area (Å²) in [6.45, 7) is 2.60. The van der Waals surface area contributed by atoms with Crippen LogP contribution in [0.3, 0.4) is 0 Å². The summed E-state index contributed by atoms with van der Waals surface area (Å²) >= 11 is 0. The van der Waals surface area contributed by atoms with E-state index in [9.17, 15) is 14.0 Å². The molecule has 1 fully saturated rings. The van der Waals surface area contributed by atoms with Crippen molar-refractivity contribution in [2.75, 3.05) is 18.4 Å². The van der Waals surface area contributed by atoms with Gasteiger partial charge in [0.1, 0.15) is 5.82 Å². The molecule has 5 nitrogen and oxygen atoms in total. The lowest BCUT2D eigenvalue weighted by Crippen LogP contribution is -2.47. The summed E-state index contributed by atoms with van der Waals surface area (Å²) in [6, 6.07) is 16.0. The van der Waals surface area contributed by atoms with Gasteiger partial charge in [-0.05, 0) is 30.5 Å². The van der Waals surface area contributed by atoms with E-state index in [4.69, 9.17) is 0 Å². The molecule has 0 aliphatic carbocycles. The summed E-state index contributed by atoms with van der Waals surface area (Å²) in [5.41, 5.74) is 1.27. The number of halogens is 1. The molecule has 0 aromatic heterocycles. The third-order valence-corrected chi connectivity index (χ3v) is 4.50. The second-order valence-corrected chi connectivity index (χ2v) is 6.44. The van der Waals surface area contributed by atoms with E-state index in [0.717, 1.165) is 32.5 Å². The van der Waals surface area contributed by atoms with Crippen LogP contribution in [0.4, 0.5) is 10.1 Å². The standard InChI is InChI=1S/C20H22FN3O2/c21-17-8-4-5-9-18(17)23-20(26)19(25)22-16-10-12-24(13-11-16)14-15-6-2-1-3-7-15/h1-9,16H,10-14H2,(H,22,25)(H,23,26). The van der Waals surface area contributed by atoms with Crippen molar-refractivity contribution >= 4 is 17.5 Å². The Kier molecular flexibility index (Phi) is 5.96. The Labute approximate surface area is 152 Å². The summed E-state index contributed by atoms with van der Waals surface area (Å²) in [5.74, 6) is -2.14. The Morgan fingerprint density at radius 1 is 0.962 bits per heavy atom. The maximum Gasteiger partial charge on any atom is 0.313 e. The van der Waals surface area contributed by atoms with E-state index in [-0.39, 0.29) is 11.7 Å². The third kappa shape index (κ3) is 4.89. The van der Waals surface area contributed by atoms with Crippen molar-refractivity contribution in [3.63, 3.8) is 0 Å². The highest BCUT2D eigenvalue weighted by molar-refractivity contribution is 6.39. The second-order valence-electron chi connectivity index (χ2n) is 6.44. The number of para-hydroxylation sites is 1. The third-order valence-electron chi connectivity index (χ3n) is 4.50. The van der Waals surface area contributed by atoms with E-state index in [2.05, 4.69) is 27.7 Å². The molecule has 0 saturated carbocycles. The average molecular weight is 355 g/mol. The fraction of sp³-hybridized carbons (Fsp3) is 0.300. The molecule has 1 heterocycles. The zero-order chi connectivity index (χ0) is 18.4. The normalized spacial score (nSPS) is 15.4. The first-order chi connectivity index (χ1) is 12.6. The van der Waals surface area contributed by atoms with Gasteiger partial charge in [-0.2, -0.15) is 0 Å². The van der Waals surface area contributed by atoms with Gasteiger partial charge >= 0.3 is 11.8 Å². The molecule has 1 aliphatic rings. The molecule has 2 amide bonds. The molecular formula is C20H22FN3O2. The van der Waals surface area contributed by atoms with E-state index in [1.54, 1.807) is 6.07 Å². The van der Waals surface area contributed by atoms with Gasteiger partial charge in [0, 0.05) is 25.7 Å². The zero-order valence-corrected chi connectivity index (χ0v) is 14.5. The topological polar surface area (TPSA) is 61.4 Å². The van der Waals surface area contributed by atoms with Crippen molar-refractivity contribution in [1.82, 2.24) is 10.2 Å². The van der Waals surface area contributed by atoms with Crippen molar-refractivity contribution in [2.24, 2.45) is 0 Å². The number of carbonyl (C=O) groups excluding carboxylic acids is 2. The Balaban J connectivity index is 1.44. The van der Waals surface area contributed by atoms with Crippen LogP contribution in [0, 0.1) is 5.82 Å². The molecule has 26 heavy (non-hydrogen) atoms. The van der Waals surface area contributed by atoms with E-state index in [1.807, 2.05) is 18.2 Å². The number of nitrogens with one attached hydrogen (secondary N) is 2. The van der Waals surface area contributed by atoms with Crippen molar-refractivity contribution in [3.8, 4) is 0 Å².